The van der Waals surface area contributed by atoms with Crippen molar-refractivity contribution in [3.05, 3.63) is 36.5 Å². The van der Waals surface area contributed by atoms with Crippen LogP contribution in [0.1, 0.15) is 34.1 Å². The van der Waals surface area contributed by atoms with Gasteiger partial charge in [-0.05, 0) is 30.6 Å². The number of ether oxygens (including phenoxy) is 1. The van der Waals surface area contributed by atoms with Crippen molar-refractivity contribution in [2.45, 2.75) is 64.5 Å². The third kappa shape index (κ3) is 4.24. The van der Waals surface area contributed by atoms with Gasteiger partial charge in [-0.25, -0.2) is 0 Å². The van der Waals surface area contributed by atoms with Gasteiger partial charge in [0.15, 0.2) is 8.32 Å². The second-order valence-electron chi connectivity index (χ2n) is 8.09. The zero-order chi connectivity index (χ0) is 17.3. The van der Waals surface area contributed by atoms with Gasteiger partial charge in [-0.15, -0.1) is 0 Å². The van der Waals surface area contributed by atoms with Crippen molar-refractivity contribution in [1.29, 1.82) is 0 Å². The van der Waals surface area contributed by atoms with Gasteiger partial charge in [0.2, 0.25) is 0 Å². The quantitative estimate of drug-likeness (QED) is 0.429. The maximum absolute atomic E-state index is 11.5. The molecule has 0 aromatic heterocycles. The molecule has 0 aromatic carbocycles. The van der Waals surface area contributed by atoms with Crippen LogP contribution in [0.3, 0.4) is 0 Å². The van der Waals surface area contributed by atoms with Gasteiger partial charge in [-0.1, -0.05) is 51.2 Å². The number of hydrogen-bond acceptors (Lipinski definition) is 3. The molecule has 4 atom stereocenters. The minimum atomic E-state index is -1.91. The molecule has 0 heterocycles. The van der Waals surface area contributed by atoms with Crippen LogP contribution in [0.15, 0.2) is 36.5 Å². The Kier molecular flexibility index (Phi) is 5.36. The standard InChI is InChI=1S/C19H30O3Si/c1-14(20)21-17-13-9-11-15-10-7-8-12-16(17)18(15)22-23(5,6)19(2,3)4/h7-10,12-13,15-18H,11H2,1-6H3/t15-,16+,17+,18+/m1/s1. The summed E-state index contributed by atoms with van der Waals surface area (Å²) in [7, 11) is -1.91. The van der Waals surface area contributed by atoms with Crippen LogP contribution in [0.25, 0.3) is 0 Å². The van der Waals surface area contributed by atoms with E-state index in [0.717, 1.165) is 6.42 Å². The van der Waals surface area contributed by atoms with E-state index in [-0.39, 0.29) is 29.1 Å². The maximum Gasteiger partial charge on any atom is 0.303 e. The van der Waals surface area contributed by atoms with Gasteiger partial charge < -0.3 is 9.16 Å². The number of allylic oxidation sites excluding steroid dienone is 3. The molecule has 2 aliphatic carbocycles. The van der Waals surface area contributed by atoms with Crippen molar-refractivity contribution < 1.29 is 14.0 Å². The lowest BCUT2D eigenvalue weighted by Crippen LogP contribution is -2.49. The van der Waals surface area contributed by atoms with Crippen LogP contribution in [0.5, 0.6) is 0 Å². The minimum Gasteiger partial charge on any atom is -0.458 e. The van der Waals surface area contributed by atoms with Crippen molar-refractivity contribution in [2.24, 2.45) is 11.8 Å². The van der Waals surface area contributed by atoms with E-state index in [0.29, 0.717) is 5.92 Å². The highest BCUT2D eigenvalue weighted by molar-refractivity contribution is 6.74. The first-order chi connectivity index (χ1) is 10.6. The molecule has 2 rings (SSSR count). The number of carbonyl (C=O) groups excluding carboxylic acids is 1. The molecule has 0 amide bonds. The summed E-state index contributed by atoms with van der Waals surface area (Å²) in [6, 6.07) is 0. The van der Waals surface area contributed by atoms with Gasteiger partial charge in [0, 0.05) is 18.8 Å². The summed E-state index contributed by atoms with van der Waals surface area (Å²) >= 11 is 0. The van der Waals surface area contributed by atoms with Crippen LogP contribution >= 0.6 is 0 Å². The first-order valence-electron chi connectivity index (χ1n) is 8.48. The van der Waals surface area contributed by atoms with E-state index in [1.54, 1.807) is 0 Å². The molecule has 4 heteroatoms. The average molecular weight is 335 g/mol. The summed E-state index contributed by atoms with van der Waals surface area (Å²) in [5.41, 5.74) is 0. The molecule has 0 spiro atoms. The molecule has 0 aromatic rings. The van der Waals surface area contributed by atoms with Crippen LogP contribution in [0, 0.1) is 11.8 Å². The molecule has 0 fully saturated rings. The number of esters is 1. The van der Waals surface area contributed by atoms with Crippen molar-refractivity contribution in [3.63, 3.8) is 0 Å². The number of rotatable bonds is 3. The van der Waals surface area contributed by atoms with E-state index in [1.807, 2.05) is 6.08 Å². The maximum atomic E-state index is 11.5. The van der Waals surface area contributed by atoms with E-state index in [4.69, 9.17) is 9.16 Å². The fourth-order valence-corrected chi connectivity index (χ4v) is 4.27. The molecule has 0 saturated carbocycles. The lowest BCUT2D eigenvalue weighted by molar-refractivity contribution is -0.147. The first kappa shape index (κ1) is 18.2. The summed E-state index contributed by atoms with van der Waals surface area (Å²) in [5.74, 6) is 0.141. The number of hydrogen-bond donors (Lipinski definition) is 0. The van der Waals surface area contributed by atoms with Crippen LogP contribution < -0.4 is 0 Å². The van der Waals surface area contributed by atoms with Crippen LogP contribution in [-0.2, 0) is 14.0 Å². The fourth-order valence-electron chi connectivity index (χ4n) is 2.90. The molecular formula is C19H30O3Si. The largest absolute Gasteiger partial charge is 0.458 e. The lowest BCUT2D eigenvalue weighted by Gasteiger charge is -2.43. The molecule has 23 heavy (non-hydrogen) atoms. The van der Waals surface area contributed by atoms with Crippen molar-refractivity contribution >= 4 is 14.3 Å². The Morgan fingerprint density at radius 2 is 1.78 bits per heavy atom. The minimum absolute atomic E-state index is 0.0465. The predicted molar refractivity (Wildman–Crippen MR) is 96.6 cm³/mol. The molecular weight excluding hydrogens is 304 g/mol. The topological polar surface area (TPSA) is 35.5 Å². The van der Waals surface area contributed by atoms with Crippen molar-refractivity contribution in [1.82, 2.24) is 0 Å². The van der Waals surface area contributed by atoms with E-state index in [2.05, 4.69) is 64.2 Å². The number of fused-ring (bicyclic) bond motifs is 2. The Morgan fingerprint density at radius 3 is 2.39 bits per heavy atom. The molecule has 3 nitrogen and oxygen atoms in total. The van der Waals surface area contributed by atoms with Gasteiger partial charge in [0.25, 0.3) is 0 Å². The van der Waals surface area contributed by atoms with Gasteiger partial charge in [-0.3, -0.25) is 4.79 Å². The second kappa shape index (κ2) is 6.77. The first-order valence-corrected chi connectivity index (χ1v) is 11.4. The third-order valence-corrected chi connectivity index (χ3v) is 9.73. The third-order valence-electron chi connectivity index (χ3n) is 5.26. The number of carbonyl (C=O) groups is 1. The van der Waals surface area contributed by atoms with Gasteiger partial charge >= 0.3 is 5.97 Å². The molecule has 2 aliphatic rings. The Bertz CT molecular complexity index is 525. The summed E-state index contributed by atoms with van der Waals surface area (Å²) in [6.45, 7) is 12.8. The van der Waals surface area contributed by atoms with Gasteiger partial charge in [0.1, 0.15) is 6.10 Å². The highest BCUT2D eigenvalue weighted by atomic mass is 28.4. The van der Waals surface area contributed by atoms with E-state index in [9.17, 15) is 4.79 Å². The highest BCUT2D eigenvalue weighted by Crippen LogP contribution is 2.42. The van der Waals surface area contributed by atoms with E-state index >= 15 is 0 Å². The molecule has 0 radical (unpaired) electrons. The Balaban J connectivity index is 2.33. The lowest BCUT2D eigenvalue weighted by atomic mass is 9.89. The fraction of sp³-hybridized carbons (Fsp3) is 0.632. The van der Waals surface area contributed by atoms with Crippen molar-refractivity contribution in [3.8, 4) is 0 Å². The smallest absolute Gasteiger partial charge is 0.303 e. The van der Waals surface area contributed by atoms with Gasteiger partial charge in [-0.2, -0.15) is 0 Å². The molecule has 0 unspecified atom stereocenters. The zero-order valence-corrected chi connectivity index (χ0v) is 16.2. The van der Waals surface area contributed by atoms with Gasteiger partial charge in [0.05, 0.1) is 6.10 Å². The predicted octanol–water partition coefficient (Wildman–Crippen LogP) is 4.63. The van der Waals surface area contributed by atoms with Crippen LogP contribution in [0.4, 0.5) is 0 Å². The molecule has 128 valence electrons. The Hall–Kier alpha value is -1.13. The van der Waals surface area contributed by atoms with Crippen molar-refractivity contribution in [2.75, 3.05) is 0 Å². The Labute approximate surface area is 141 Å². The SMILES string of the molecule is CC(=O)O[C@H]1C=CC[C@H]2C=CC=C[C@@H]1[C@H]2O[Si](C)(C)C(C)(C)C. The summed E-state index contributed by atoms with van der Waals surface area (Å²) in [6.07, 6.45) is 13.4. The summed E-state index contributed by atoms with van der Waals surface area (Å²) < 4.78 is 12.4. The average Bonchev–Trinajstić information content (AvgIpc) is 2.67. The van der Waals surface area contributed by atoms with Crippen LogP contribution in [-0.4, -0.2) is 26.5 Å². The highest BCUT2D eigenvalue weighted by Gasteiger charge is 2.44. The summed E-state index contributed by atoms with van der Waals surface area (Å²) in [5, 5.41) is 0.153. The van der Waals surface area contributed by atoms with E-state index < -0.39 is 8.32 Å². The van der Waals surface area contributed by atoms with Crippen LogP contribution in [0.2, 0.25) is 18.1 Å². The summed E-state index contributed by atoms with van der Waals surface area (Å²) in [4.78, 5) is 11.5. The molecule has 0 N–H and O–H groups in total. The second-order valence-corrected chi connectivity index (χ2v) is 12.8. The molecule has 0 saturated heterocycles. The molecule has 0 aliphatic heterocycles. The molecule has 2 bridgehead atoms. The van der Waals surface area contributed by atoms with E-state index in [1.165, 1.54) is 6.92 Å². The Morgan fingerprint density at radius 1 is 1.13 bits per heavy atom. The monoisotopic (exact) mass is 334 g/mol. The zero-order valence-electron chi connectivity index (χ0n) is 15.2. The normalized spacial score (nSPS) is 30.7.